The number of aliphatic hydroxyl groups excluding tert-OH is 1. The van der Waals surface area contributed by atoms with Crippen LogP contribution in [-0.2, 0) is 15.6 Å². The fourth-order valence-corrected chi connectivity index (χ4v) is 2.80. The van der Waals surface area contributed by atoms with Gasteiger partial charge in [0, 0.05) is 5.56 Å². The smallest absolute Gasteiger partial charge is 0.156 e. The fourth-order valence-electron chi connectivity index (χ4n) is 1.67. The van der Waals surface area contributed by atoms with Crippen molar-refractivity contribution < 1.29 is 17.9 Å². The third kappa shape index (κ3) is 3.21. The lowest BCUT2D eigenvalue weighted by molar-refractivity contribution is 0.319. The molecule has 2 rings (SSSR count). The zero-order valence-electron chi connectivity index (χ0n) is 9.74. The maximum absolute atomic E-state index is 11.5. The number of hydrogen-bond acceptors (Lipinski definition) is 4. The van der Waals surface area contributed by atoms with Crippen LogP contribution in [0.25, 0.3) is 11.3 Å². The summed E-state index contributed by atoms with van der Waals surface area (Å²) >= 11 is 0. The number of rotatable bonds is 5. The fraction of sp³-hybridized carbons (Fsp3) is 0.231. The van der Waals surface area contributed by atoms with Crippen molar-refractivity contribution in [3.05, 3.63) is 48.2 Å². The lowest BCUT2D eigenvalue weighted by atomic mass is 10.1. The zero-order valence-corrected chi connectivity index (χ0v) is 10.6. The second-order valence-electron chi connectivity index (χ2n) is 3.99. The third-order valence-electron chi connectivity index (χ3n) is 2.55. The third-order valence-corrected chi connectivity index (χ3v) is 4.13. The van der Waals surface area contributed by atoms with Crippen molar-refractivity contribution in [1.82, 2.24) is 0 Å². The summed E-state index contributed by atoms with van der Waals surface area (Å²) in [4.78, 5) is 0. The Labute approximate surface area is 106 Å². The summed E-state index contributed by atoms with van der Waals surface area (Å²) in [5.74, 6) is 0.499. The van der Waals surface area contributed by atoms with Gasteiger partial charge in [-0.2, -0.15) is 0 Å². The van der Waals surface area contributed by atoms with Crippen molar-refractivity contribution in [3.63, 3.8) is 0 Å². The van der Waals surface area contributed by atoms with Gasteiger partial charge in [0.25, 0.3) is 0 Å². The molecule has 1 heterocycles. The van der Waals surface area contributed by atoms with Gasteiger partial charge in [-0.15, -0.1) is 0 Å². The molecule has 2 aromatic rings. The van der Waals surface area contributed by atoms with Gasteiger partial charge in [0.05, 0.1) is 24.4 Å². The lowest BCUT2D eigenvalue weighted by Gasteiger charge is -2.03. The molecule has 0 aliphatic carbocycles. The second kappa shape index (κ2) is 5.37. The van der Waals surface area contributed by atoms with Crippen molar-refractivity contribution in [2.45, 2.75) is 5.75 Å². The molecule has 0 saturated heterocycles. The highest BCUT2D eigenvalue weighted by molar-refractivity contribution is 7.90. The highest BCUT2D eigenvalue weighted by Crippen LogP contribution is 2.20. The minimum absolute atomic E-state index is 0.0496. The quantitative estimate of drug-likeness (QED) is 0.896. The first-order chi connectivity index (χ1) is 8.61. The number of hydrogen-bond donors (Lipinski definition) is 1. The van der Waals surface area contributed by atoms with Crippen LogP contribution in [0.4, 0.5) is 0 Å². The van der Waals surface area contributed by atoms with Crippen molar-refractivity contribution in [1.29, 1.82) is 0 Å². The van der Waals surface area contributed by atoms with Gasteiger partial charge in [0.1, 0.15) is 5.76 Å². The Morgan fingerprint density at radius 3 is 2.39 bits per heavy atom. The average molecular weight is 266 g/mol. The molecule has 1 aromatic heterocycles. The van der Waals surface area contributed by atoms with Crippen LogP contribution in [0.2, 0.25) is 0 Å². The Morgan fingerprint density at radius 2 is 1.83 bits per heavy atom. The van der Waals surface area contributed by atoms with Crippen LogP contribution < -0.4 is 0 Å². The molecule has 1 N–H and O–H groups in total. The Balaban J connectivity index is 2.14. The van der Waals surface area contributed by atoms with Crippen LogP contribution in [0.15, 0.2) is 47.1 Å². The van der Waals surface area contributed by atoms with Gasteiger partial charge in [-0.3, -0.25) is 0 Å². The van der Waals surface area contributed by atoms with E-state index in [0.29, 0.717) is 5.56 Å². The van der Waals surface area contributed by atoms with E-state index in [1.165, 1.54) is 0 Å². The number of furan rings is 1. The molecular weight excluding hydrogens is 252 g/mol. The van der Waals surface area contributed by atoms with Gasteiger partial charge in [-0.1, -0.05) is 24.3 Å². The predicted molar refractivity (Wildman–Crippen MR) is 68.7 cm³/mol. The van der Waals surface area contributed by atoms with E-state index < -0.39 is 9.84 Å². The molecular formula is C13H14O4S. The molecule has 0 aliphatic rings. The van der Waals surface area contributed by atoms with E-state index in [2.05, 4.69) is 0 Å². The summed E-state index contributed by atoms with van der Waals surface area (Å²) in [6, 6.07) is 10.8. The van der Waals surface area contributed by atoms with Gasteiger partial charge in [0.2, 0.25) is 0 Å². The minimum Gasteiger partial charge on any atom is -0.464 e. The van der Waals surface area contributed by atoms with Crippen LogP contribution in [-0.4, -0.2) is 25.9 Å². The van der Waals surface area contributed by atoms with E-state index in [1.807, 2.05) is 18.2 Å². The van der Waals surface area contributed by atoms with E-state index in [4.69, 9.17) is 9.52 Å². The van der Waals surface area contributed by atoms with Gasteiger partial charge in [-0.05, 0) is 17.7 Å². The molecule has 0 saturated carbocycles. The Hall–Kier alpha value is -1.59. The first-order valence-corrected chi connectivity index (χ1v) is 7.37. The molecule has 4 nitrogen and oxygen atoms in total. The molecule has 0 atom stereocenters. The molecule has 0 aliphatic heterocycles. The van der Waals surface area contributed by atoms with Crippen LogP contribution >= 0.6 is 0 Å². The summed E-state index contributed by atoms with van der Waals surface area (Å²) < 4.78 is 28.3. The molecule has 96 valence electrons. The van der Waals surface area contributed by atoms with Gasteiger partial charge in [-0.25, -0.2) is 8.42 Å². The van der Waals surface area contributed by atoms with Crippen molar-refractivity contribution >= 4 is 9.84 Å². The molecule has 0 spiro atoms. The SMILES string of the molecule is O=S(=O)(CCO)Cc1ccc(-c2ccco2)cc1. The van der Waals surface area contributed by atoms with E-state index in [1.54, 1.807) is 24.5 Å². The van der Waals surface area contributed by atoms with Crippen molar-refractivity contribution in [3.8, 4) is 11.3 Å². The predicted octanol–water partition coefficient (Wildman–Crippen LogP) is 1.85. The second-order valence-corrected chi connectivity index (χ2v) is 6.17. The van der Waals surface area contributed by atoms with E-state index >= 15 is 0 Å². The monoisotopic (exact) mass is 266 g/mol. The van der Waals surface area contributed by atoms with Crippen LogP contribution in [0, 0.1) is 0 Å². The highest BCUT2D eigenvalue weighted by atomic mass is 32.2. The maximum atomic E-state index is 11.5. The number of sulfone groups is 1. The molecule has 18 heavy (non-hydrogen) atoms. The van der Waals surface area contributed by atoms with Crippen LogP contribution in [0.1, 0.15) is 5.56 Å². The van der Waals surface area contributed by atoms with Crippen LogP contribution in [0.5, 0.6) is 0 Å². The Kier molecular flexibility index (Phi) is 3.84. The van der Waals surface area contributed by atoms with E-state index in [0.717, 1.165) is 11.3 Å². The van der Waals surface area contributed by atoms with Gasteiger partial charge >= 0.3 is 0 Å². The largest absolute Gasteiger partial charge is 0.464 e. The zero-order chi connectivity index (χ0) is 13.0. The van der Waals surface area contributed by atoms with Crippen LogP contribution in [0.3, 0.4) is 0 Å². The summed E-state index contributed by atoms with van der Waals surface area (Å²) in [5.41, 5.74) is 1.61. The average Bonchev–Trinajstić information content (AvgIpc) is 2.82. The first kappa shape index (κ1) is 12.9. The normalized spacial score (nSPS) is 11.6. The topological polar surface area (TPSA) is 67.5 Å². The number of aliphatic hydroxyl groups is 1. The highest BCUT2D eigenvalue weighted by Gasteiger charge is 2.11. The van der Waals surface area contributed by atoms with E-state index in [9.17, 15) is 8.42 Å². The molecule has 0 amide bonds. The standard InChI is InChI=1S/C13H14O4S/c14-7-9-18(15,16)10-11-3-5-12(6-4-11)13-2-1-8-17-13/h1-6,8,14H,7,9-10H2. The lowest BCUT2D eigenvalue weighted by Crippen LogP contribution is -2.12. The number of benzene rings is 1. The Morgan fingerprint density at radius 1 is 1.11 bits per heavy atom. The summed E-state index contributed by atoms with van der Waals surface area (Å²) in [6.07, 6.45) is 1.59. The van der Waals surface area contributed by atoms with Gasteiger partial charge < -0.3 is 9.52 Å². The minimum atomic E-state index is -3.22. The summed E-state index contributed by atoms with van der Waals surface area (Å²) in [7, 11) is -3.22. The molecule has 0 radical (unpaired) electrons. The summed E-state index contributed by atoms with van der Waals surface area (Å²) in [5, 5.41) is 8.66. The maximum Gasteiger partial charge on any atom is 0.156 e. The van der Waals surface area contributed by atoms with Crippen molar-refractivity contribution in [2.24, 2.45) is 0 Å². The molecule has 0 bridgehead atoms. The molecule has 0 fully saturated rings. The Bertz CT molecular complexity index is 582. The summed E-state index contributed by atoms with van der Waals surface area (Å²) in [6.45, 7) is -0.340. The first-order valence-electron chi connectivity index (χ1n) is 5.55. The van der Waals surface area contributed by atoms with Gasteiger partial charge in [0.15, 0.2) is 9.84 Å². The van der Waals surface area contributed by atoms with Crippen molar-refractivity contribution in [2.75, 3.05) is 12.4 Å². The molecule has 1 aromatic carbocycles. The van der Waals surface area contributed by atoms with E-state index in [-0.39, 0.29) is 18.1 Å². The molecule has 5 heteroatoms. The molecule has 0 unspecified atom stereocenters.